The average molecular weight is 443 g/mol. The lowest BCUT2D eigenvalue weighted by Crippen LogP contribution is -2.35. The summed E-state index contributed by atoms with van der Waals surface area (Å²) in [6.45, 7) is 0. The van der Waals surface area contributed by atoms with Gasteiger partial charge in [0, 0.05) is 23.2 Å². The molecule has 1 aromatic heterocycles. The molecule has 0 saturated heterocycles. The number of aromatic nitrogens is 2. The monoisotopic (exact) mass is 443 g/mol. The first-order chi connectivity index (χ1) is 15.3. The quantitative estimate of drug-likeness (QED) is 0.489. The molecule has 1 amide bonds. The molecule has 1 heterocycles. The van der Waals surface area contributed by atoms with Crippen molar-refractivity contribution in [2.75, 3.05) is 5.32 Å². The fourth-order valence-corrected chi connectivity index (χ4v) is 4.30. The number of amides is 1. The van der Waals surface area contributed by atoms with Crippen molar-refractivity contribution in [1.29, 1.82) is 0 Å². The summed E-state index contributed by atoms with van der Waals surface area (Å²) in [5, 5.41) is 6.38. The lowest BCUT2D eigenvalue weighted by molar-refractivity contribution is -0.141. The Balaban J connectivity index is 1.35. The second-order valence-electron chi connectivity index (χ2n) is 8.49. The second kappa shape index (κ2) is 7.76. The van der Waals surface area contributed by atoms with Crippen molar-refractivity contribution in [2.24, 2.45) is 5.92 Å². The summed E-state index contributed by atoms with van der Waals surface area (Å²) in [6, 6.07) is 14.8. The Morgan fingerprint density at radius 2 is 1.75 bits per heavy atom. The second-order valence-corrected chi connectivity index (χ2v) is 8.49. The van der Waals surface area contributed by atoms with Crippen LogP contribution in [0.3, 0.4) is 0 Å². The Morgan fingerprint density at radius 3 is 2.34 bits per heavy atom. The molecule has 4 nitrogen and oxygen atoms in total. The van der Waals surface area contributed by atoms with Gasteiger partial charge in [-0.05, 0) is 61.4 Å². The van der Waals surface area contributed by atoms with E-state index in [1.807, 2.05) is 30.3 Å². The molecule has 2 saturated carbocycles. The van der Waals surface area contributed by atoms with Crippen molar-refractivity contribution < 1.29 is 22.4 Å². The molecule has 2 unspecified atom stereocenters. The minimum absolute atomic E-state index is 0.0501. The van der Waals surface area contributed by atoms with Gasteiger partial charge in [0.15, 0.2) is 11.5 Å². The first-order valence-electron chi connectivity index (χ1n) is 10.6. The van der Waals surface area contributed by atoms with E-state index in [2.05, 4.69) is 10.4 Å². The number of nitrogens with zero attached hydrogens (tertiary/aromatic N) is 2. The normalized spacial score (nSPS) is 20.6. The van der Waals surface area contributed by atoms with Crippen molar-refractivity contribution in [3.8, 4) is 5.69 Å². The van der Waals surface area contributed by atoms with Crippen LogP contribution in [0.1, 0.15) is 54.5 Å². The van der Waals surface area contributed by atoms with Crippen molar-refractivity contribution in [1.82, 2.24) is 9.78 Å². The molecule has 8 heteroatoms. The van der Waals surface area contributed by atoms with Gasteiger partial charge in [-0.25, -0.2) is 9.07 Å². The first-order valence-corrected chi connectivity index (χ1v) is 10.6. The summed E-state index contributed by atoms with van der Waals surface area (Å²) in [4.78, 5) is 12.7. The van der Waals surface area contributed by atoms with E-state index >= 15 is 0 Å². The maximum absolute atomic E-state index is 14.9. The number of carbonyl (C=O) groups excluding carboxylic acids is 1. The summed E-state index contributed by atoms with van der Waals surface area (Å²) < 4.78 is 55.4. The zero-order valence-electron chi connectivity index (χ0n) is 17.1. The molecule has 0 bridgehead atoms. The lowest BCUT2D eigenvalue weighted by Gasteiger charge is -2.35. The molecule has 0 spiro atoms. The molecule has 0 radical (unpaired) electrons. The van der Waals surface area contributed by atoms with Crippen LogP contribution in [0.4, 0.5) is 23.2 Å². The van der Waals surface area contributed by atoms with Gasteiger partial charge >= 0.3 is 6.18 Å². The van der Waals surface area contributed by atoms with Gasteiger partial charge in [0.1, 0.15) is 5.69 Å². The van der Waals surface area contributed by atoms with E-state index in [4.69, 9.17) is 0 Å². The highest BCUT2D eigenvalue weighted by Crippen LogP contribution is 2.44. The van der Waals surface area contributed by atoms with Crippen LogP contribution in [0.15, 0.2) is 54.6 Å². The van der Waals surface area contributed by atoms with Gasteiger partial charge in [0.25, 0.3) is 0 Å². The molecule has 0 aliphatic heterocycles. The Kier molecular flexibility index (Phi) is 5.03. The lowest BCUT2D eigenvalue weighted by atomic mass is 9.69. The Hall–Kier alpha value is -3.16. The van der Waals surface area contributed by atoms with Gasteiger partial charge in [-0.1, -0.05) is 30.3 Å². The number of halogens is 4. The number of hydrogen-bond acceptors (Lipinski definition) is 2. The van der Waals surface area contributed by atoms with Crippen molar-refractivity contribution in [3.05, 3.63) is 77.4 Å². The van der Waals surface area contributed by atoms with Gasteiger partial charge in [-0.15, -0.1) is 0 Å². The number of benzene rings is 2. The van der Waals surface area contributed by atoms with E-state index in [9.17, 15) is 22.4 Å². The fraction of sp³-hybridized carbons (Fsp3) is 0.333. The van der Waals surface area contributed by atoms with Crippen LogP contribution in [0.2, 0.25) is 0 Å². The molecule has 32 heavy (non-hydrogen) atoms. The largest absolute Gasteiger partial charge is 0.435 e. The van der Waals surface area contributed by atoms with Crippen molar-refractivity contribution in [3.63, 3.8) is 0 Å². The van der Waals surface area contributed by atoms with Crippen LogP contribution in [0.5, 0.6) is 0 Å². The van der Waals surface area contributed by atoms with E-state index in [0.717, 1.165) is 48.1 Å². The summed E-state index contributed by atoms with van der Waals surface area (Å²) in [5.41, 5.74) is 0.630. The van der Waals surface area contributed by atoms with E-state index < -0.39 is 17.7 Å². The Morgan fingerprint density at radius 1 is 1.00 bits per heavy atom. The van der Waals surface area contributed by atoms with Crippen LogP contribution in [0, 0.1) is 11.7 Å². The number of anilines is 1. The number of hydrogen-bond donors (Lipinski definition) is 1. The SMILES string of the molecule is O=C(Nc1ccc(-n2nc(C(F)(F)F)cc2C2CC2)c(F)c1)C1CCC1c1ccccc1. The van der Waals surface area contributed by atoms with Crippen LogP contribution >= 0.6 is 0 Å². The summed E-state index contributed by atoms with van der Waals surface area (Å²) in [5.74, 6) is -1.04. The predicted molar refractivity (Wildman–Crippen MR) is 111 cm³/mol. The predicted octanol–water partition coefficient (Wildman–Crippen LogP) is 6.04. The van der Waals surface area contributed by atoms with E-state index in [1.54, 1.807) is 0 Å². The van der Waals surface area contributed by atoms with E-state index in [0.29, 0.717) is 5.69 Å². The third kappa shape index (κ3) is 3.89. The molecule has 5 rings (SSSR count). The third-order valence-corrected chi connectivity index (χ3v) is 6.31. The zero-order valence-corrected chi connectivity index (χ0v) is 17.1. The molecule has 1 N–H and O–H groups in total. The molecule has 2 aromatic carbocycles. The third-order valence-electron chi connectivity index (χ3n) is 6.31. The average Bonchev–Trinajstić information content (AvgIpc) is 3.45. The van der Waals surface area contributed by atoms with Crippen molar-refractivity contribution in [2.45, 2.75) is 43.7 Å². The zero-order chi connectivity index (χ0) is 22.5. The number of nitrogens with one attached hydrogen (secondary N) is 1. The van der Waals surface area contributed by atoms with Crippen LogP contribution < -0.4 is 5.32 Å². The highest BCUT2D eigenvalue weighted by atomic mass is 19.4. The molecule has 2 aliphatic carbocycles. The molecule has 2 aliphatic rings. The molecular formula is C24H21F4N3O. The Bertz CT molecular complexity index is 1150. The topological polar surface area (TPSA) is 46.9 Å². The minimum atomic E-state index is -4.60. The number of alkyl halides is 3. The number of rotatable bonds is 5. The smallest absolute Gasteiger partial charge is 0.326 e. The summed E-state index contributed by atoms with van der Waals surface area (Å²) in [6.07, 6.45) is -1.42. The maximum Gasteiger partial charge on any atom is 0.435 e. The van der Waals surface area contributed by atoms with Gasteiger partial charge in [-0.2, -0.15) is 18.3 Å². The minimum Gasteiger partial charge on any atom is -0.326 e. The highest BCUT2D eigenvalue weighted by Gasteiger charge is 2.39. The molecule has 3 aromatic rings. The van der Waals surface area contributed by atoms with Gasteiger partial charge < -0.3 is 5.32 Å². The molecule has 2 atom stereocenters. The van der Waals surface area contributed by atoms with Crippen LogP contribution in [-0.4, -0.2) is 15.7 Å². The van der Waals surface area contributed by atoms with Gasteiger partial charge in [0.05, 0.1) is 0 Å². The van der Waals surface area contributed by atoms with Crippen LogP contribution in [0.25, 0.3) is 5.69 Å². The summed E-state index contributed by atoms with van der Waals surface area (Å²) >= 11 is 0. The van der Waals surface area contributed by atoms with E-state index in [-0.39, 0.29) is 35.0 Å². The van der Waals surface area contributed by atoms with E-state index in [1.165, 1.54) is 12.1 Å². The Labute approximate surface area is 182 Å². The maximum atomic E-state index is 14.9. The van der Waals surface area contributed by atoms with Gasteiger partial charge in [-0.3, -0.25) is 4.79 Å². The fourth-order valence-electron chi connectivity index (χ4n) is 4.30. The first kappa shape index (κ1) is 20.7. The standard InChI is InChI=1S/C24H21F4N3O/c25-19-12-16(29-23(32)18-10-9-17(18)14-4-2-1-3-5-14)8-11-20(19)31-21(15-6-7-15)13-22(30-31)24(26,27)28/h1-5,8,11-13,15,17-18H,6-7,9-10H2,(H,29,32). The molecule has 2 fully saturated rings. The summed E-state index contributed by atoms with van der Waals surface area (Å²) in [7, 11) is 0. The van der Waals surface area contributed by atoms with Gasteiger partial charge in [0.2, 0.25) is 5.91 Å². The molecular weight excluding hydrogens is 422 g/mol. The van der Waals surface area contributed by atoms with Crippen LogP contribution in [-0.2, 0) is 11.0 Å². The molecule has 166 valence electrons. The number of carbonyl (C=O) groups is 1. The highest BCUT2D eigenvalue weighted by molar-refractivity contribution is 5.94. The van der Waals surface area contributed by atoms with Crippen molar-refractivity contribution >= 4 is 11.6 Å².